The molecule has 0 radical (unpaired) electrons. The fraction of sp³-hybridized carbons (Fsp3) is 0.357. The third-order valence-electron chi connectivity index (χ3n) is 3.30. The molecule has 0 bridgehead atoms. The van der Waals surface area contributed by atoms with Gasteiger partial charge in [0.15, 0.2) is 0 Å². The molecule has 0 aliphatic carbocycles. The van der Waals surface area contributed by atoms with Gasteiger partial charge in [-0.2, -0.15) is 5.10 Å². The summed E-state index contributed by atoms with van der Waals surface area (Å²) in [6, 6.07) is 8.47. The molecule has 1 atom stereocenters. The predicted octanol–water partition coefficient (Wildman–Crippen LogP) is 2.90. The molecule has 0 spiro atoms. The summed E-state index contributed by atoms with van der Waals surface area (Å²) in [4.78, 5) is 0. The molecule has 0 fully saturated rings. The number of nitrogens with zero attached hydrogens (tertiary/aromatic N) is 2. The van der Waals surface area contributed by atoms with Gasteiger partial charge in [-0.1, -0.05) is 13.0 Å². The van der Waals surface area contributed by atoms with Gasteiger partial charge >= 0.3 is 0 Å². The quantitative estimate of drug-likeness (QED) is 0.790. The normalized spacial score (nSPS) is 19.0. The lowest BCUT2D eigenvalue weighted by atomic mass is 9.95. The highest BCUT2D eigenvalue weighted by Gasteiger charge is 2.19. The Morgan fingerprint density at radius 1 is 1.47 bits per heavy atom. The van der Waals surface area contributed by atoms with Crippen molar-refractivity contribution in [3.63, 3.8) is 0 Å². The molecule has 0 saturated heterocycles. The molecule has 0 saturated carbocycles. The van der Waals surface area contributed by atoms with Crippen molar-refractivity contribution < 1.29 is 4.74 Å². The van der Waals surface area contributed by atoms with Crippen LogP contribution in [0.25, 0.3) is 5.69 Å². The maximum Gasteiger partial charge on any atom is 0.0825 e. The van der Waals surface area contributed by atoms with E-state index < -0.39 is 0 Å². The fourth-order valence-electron chi connectivity index (χ4n) is 2.43. The van der Waals surface area contributed by atoms with Gasteiger partial charge in [-0.3, -0.25) is 0 Å². The van der Waals surface area contributed by atoms with Gasteiger partial charge in [0.25, 0.3) is 0 Å². The lowest BCUT2D eigenvalue weighted by Crippen LogP contribution is -2.16. The van der Waals surface area contributed by atoms with Crippen LogP contribution in [0.15, 0.2) is 36.7 Å². The molecule has 3 heteroatoms. The van der Waals surface area contributed by atoms with Crippen LogP contribution in [0.4, 0.5) is 0 Å². The monoisotopic (exact) mass is 228 g/mol. The van der Waals surface area contributed by atoms with Gasteiger partial charge in [0.05, 0.1) is 18.4 Å². The minimum absolute atomic E-state index is 0.269. The maximum absolute atomic E-state index is 5.76. The third-order valence-corrected chi connectivity index (χ3v) is 3.30. The summed E-state index contributed by atoms with van der Waals surface area (Å²) in [5.74, 6) is 0. The van der Waals surface area contributed by atoms with Crippen LogP contribution >= 0.6 is 0 Å². The van der Waals surface area contributed by atoms with Crippen molar-refractivity contribution in [1.82, 2.24) is 9.78 Å². The van der Waals surface area contributed by atoms with Gasteiger partial charge in [0.2, 0.25) is 0 Å². The summed E-state index contributed by atoms with van der Waals surface area (Å²) in [5, 5.41) is 4.26. The molecule has 1 aromatic heterocycles. The van der Waals surface area contributed by atoms with E-state index in [4.69, 9.17) is 4.74 Å². The topological polar surface area (TPSA) is 27.1 Å². The Kier molecular flexibility index (Phi) is 2.69. The largest absolute Gasteiger partial charge is 0.373 e. The highest BCUT2D eigenvalue weighted by Crippen LogP contribution is 2.30. The van der Waals surface area contributed by atoms with Crippen LogP contribution in [-0.2, 0) is 11.2 Å². The SMILES string of the molecule is CC[C@@H]1OCCc2cc(-n3cccn3)ccc21. The summed E-state index contributed by atoms with van der Waals surface area (Å²) < 4.78 is 7.66. The van der Waals surface area contributed by atoms with Crippen molar-refractivity contribution in [3.8, 4) is 5.69 Å². The van der Waals surface area contributed by atoms with Crippen molar-refractivity contribution in [1.29, 1.82) is 0 Å². The smallest absolute Gasteiger partial charge is 0.0825 e. The van der Waals surface area contributed by atoms with Crippen LogP contribution in [0.3, 0.4) is 0 Å². The summed E-state index contributed by atoms with van der Waals surface area (Å²) in [6.45, 7) is 3.00. The average molecular weight is 228 g/mol. The van der Waals surface area contributed by atoms with E-state index in [0.29, 0.717) is 0 Å². The number of benzene rings is 1. The number of fused-ring (bicyclic) bond motifs is 1. The van der Waals surface area contributed by atoms with E-state index in [1.807, 2.05) is 16.9 Å². The summed E-state index contributed by atoms with van der Waals surface area (Å²) in [5.41, 5.74) is 3.87. The molecule has 3 rings (SSSR count). The minimum atomic E-state index is 0.269. The van der Waals surface area contributed by atoms with Crippen LogP contribution in [0.2, 0.25) is 0 Å². The molecule has 88 valence electrons. The zero-order chi connectivity index (χ0) is 11.7. The average Bonchev–Trinajstić information content (AvgIpc) is 2.91. The molecule has 1 aromatic carbocycles. The first-order valence-electron chi connectivity index (χ1n) is 6.13. The molecule has 1 aliphatic heterocycles. The van der Waals surface area contributed by atoms with E-state index in [1.165, 1.54) is 11.1 Å². The van der Waals surface area contributed by atoms with E-state index in [9.17, 15) is 0 Å². The van der Waals surface area contributed by atoms with Gasteiger partial charge in [-0.05, 0) is 42.2 Å². The second kappa shape index (κ2) is 4.34. The molecule has 0 unspecified atom stereocenters. The number of ether oxygens (including phenoxy) is 1. The van der Waals surface area contributed by atoms with E-state index >= 15 is 0 Å². The van der Waals surface area contributed by atoms with Gasteiger partial charge in [0.1, 0.15) is 0 Å². The number of aromatic nitrogens is 2. The van der Waals surface area contributed by atoms with Crippen molar-refractivity contribution in [2.24, 2.45) is 0 Å². The molecule has 0 amide bonds. The Hall–Kier alpha value is -1.61. The molecule has 2 heterocycles. The first-order chi connectivity index (χ1) is 8.38. The third kappa shape index (κ3) is 1.87. The van der Waals surface area contributed by atoms with Crippen molar-refractivity contribution in [2.75, 3.05) is 6.61 Å². The molecule has 3 nitrogen and oxygen atoms in total. The van der Waals surface area contributed by atoms with Crippen LogP contribution in [0.5, 0.6) is 0 Å². The summed E-state index contributed by atoms with van der Waals surface area (Å²) in [6.07, 6.45) is 6.08. The lowest BCUT2D eigenvalue weighted by Gasteiger charge is -2.25. The van der Waals surface area contributed by atoms with Gasteiger partial charge in [0, 0.05) is 12.4 Å². The molecule has 2 aromatic rings. The minimum Gasteiger partial charge on any atom is -0.373 e. The molecular weight excluding hydrogens is 212 g/mol. The Morgan fingerprint density at radius 3 is 3.18 bits per heavy atom. The maximum atomic E-state index is 5.76. The zero-order valence-electron chi connectivity index (χ0n) is 9.97. The Balaban J connectivity index is 2.02. The molecular formula is C14H16N2O. The fourth-order valence-corrected chi connectivity index (χ4v) is 2.43. The molecule has 17 heavy (non-hydrogen) atoms. The highest BCUT2D eigenvalue weighted by atomic mass is 16.5. The van der Waals surface area contributed by atoms with Gasteiger partial charge in [-0.25, -0.2) is 4.68 Å². The van der Waals surface area contributed by atoms with E-state index in [1.54, 1.807) is 6.20 Å². The van der Waals surface area contributed by atoms with Crippen LogP contribution < -0.4 is 0 Å². The molecule has 1 aliphatic rings. The highest BCUT2D eigenvalue weighted by molar-refractivity contribution is 5.42. The summed E-state index contributed by atoms with van der Waals surface area (Å²) >= 11 is 0. The zero-order valence-corrected chi connectivity index (χ0v) is 9.97. The Labute approximate surface area is 101 Å². The van der Waals surface area contributed by atoms with Crippen LogP contribution in [0.1, 0.15) is 30.6 Å². The van der Waals surface area contributed by atoms with Gasteiger partial charge < -0.3 is 4.74 Å². The van der Waals surface area contributed by atoms with Gasteiger partial charge in [-0.15, -0.1) is 0 Å². The van der Waals surface area contributed by atoms with E-state index in [-0.39, 0.29) is 6.10 Å². The summed E-state index contributed by atoms with van der Waals surface area (Å²) in [7, 11) is 0. The van der Waals surface area contributed by atoms with Crippen molar-refractivity contribution in [3.05, 3.63) is 47.8 Å². The lowest BCUT2D eigenvalue weighted by molar-refractivity contribution is 0.0399. The Morgan fingerprint density at radius 2 is 2.41 bits per heavy atom. The number of hydrogen-bond donors (Lipinski definition) is 0. The van der Waals surface area contributed by atoms with Crippen molar-refractivity contribution in [2.45, 2.75) is 25.9 Å². The number of hydrogen-bond acceptors (Lipinski definition) is 2. The van der Waals surface area contributed by atoms with E-state index in [0.717, 1.165) is 25.1 Å². The van der Waals surface area contributed by atoms with E-state index in [2.05, 4.69) is 30.2 Å². The van der Waals surface area contributed by atoms with Crippen molar-refractivity contribution >= 4 is 0 Å². The second-order valence-electron chi connectivity index (χ2n) is 4.35. The number of rotatable bonds is 2. The standard InChI is InChI=1S/C14H16N2O/c1-2-14-13-5-4-12(16-8-3-7-15-16)10-11(13)6-9-17-14/h3-5,7-8,10,14H,2,6,9H2,1H3/t14-/m0/s1. The first kappa shape index (κ1) is 10.5. The Bertz CT molecular complexity index is 505. The molecule has 0 N–H and O–H groups in total. The van der Waals surface area contributed by atoms with Crippen LogP contribution in [-0.4, -0.2) is 16.4 Å². The predicted molar refractivity (Wildman–Crippen MR) is 66.3 cm³/mol. The first-order valence-corrected chi connectivity index (χ1v) is 6.13. The second-order valence-corrected chi connectivity index (χ2v) is 4.35. The van der Waals surface area contributed by atoms with Crippen LogP contribution in [0, 0.1) is 0 Å².